The monoisotopic (exact) mass is 232 g/mol. The first-order valence-corrected chi connectivity index (χ1v) is 5.49. The Bertz CT molecular complexity index is 470. The molecule has 0 saturated carbocycles. The summed E-state index contributed by atoms with van der Waals surface area (Å²) in [7, 11) is -1.15. The maximum Gasteiger partial charge on any atom is 0.243 e. The summed E-state index contributed by atoms with van der Waals surface area (Å²) in [4.78, 5) is -0.231. The van der Waals surface area contributed by atoms with Crippen molar-refractivity contribution in [2.45, 2.75) is 4.90 Å². The summed E-state index contributed by atoms with van der Waals surface area (Å²) in [5.41, 5.74) is 5.53. The molecule has 0 saturated heterocycles. The van der Waals surface area contributed by atoms with E-state index in [1.165, 1.54) is 26.4 Å². The van der Waals surface area contributed by atoms with Crippen LogP contribution in [-0.2, 0) is 10.0 Å². The molecule has 4 N–H and O–H groups in total. The molecule has 7 heteroatoms. The molecule has 0 spiro atoms. The minimum atomic E-state index is -3.91. The average Bonchev–Trinajstić information content (AvgIpc) is 2.14. The predicted octanol–water partition coefficient (Wildman–Crippen LogP) is -0.0666. The van der Waals surface area contributed by atoms with Crippen LogP contribution >= 0.6 is 0 Å². The molecule has 0 unspecified atom stereocenters. The van der Waals surface area contributed by atoms with Crippen molar-refractivity contribution < 1.29 is 17.9 Å². The van der Waals surface area contributed by atoms with Gasteiger partial charge in [-0.2, -0.15) is 0 Å². The van der Waals surface area contributed by atoms with E-state index in [2.05, 4.69) is 0 Å². The maximum absolute atomic E-state index is 11.2. The van der Waals surface area contributed by atoms with Crippen LogP contribution in [0.5, 0.6) is 11.5 Å². The van der Waals surface area contributed by atoms with Gasteiger partial charge < -0.3 is 15.2 Å². The van der Waals surface area contributed by atoms with E-state index in [-0.39, 0.29) is 16.3 Å². The fraction of sp³-hybridized carbons (Fsp3) is 0.250. The summed E-state index contributed by atoms with van der Waals surface area (Å²) in [6, 6.07) is 2.76. The highest BCUT2D eigenvalue weighted by Gasteiger charge is 2.20. The van der Waals surface area contributed by atoms with E-state index < -0.39 is 10.0 Å². The third-order valence-corrected chi connectivity index (χ3v) is 2.80. The normalized spacial score (nSPS) is 11.1. The first-order chi connectivity index (χ1) is 6.90. The molecular formula is C8H12N2O4S. The minimum Gasteiger partial charge on any atom is -0.497 e. The number of nitrogen functional groups attached to an aromatic ring is 1. The van der Waals surface area contributed by atoms with E-state index in [1.54, 1.807) is 0 Å². The summed E-state index contributed by atoms with van der Waals surface area (Å²) in [6.07, 6.45) is 0. The van der Waals surface area contributed by atoms with E-state index in [4.69, 9.17) is 20.3 Å². The lowest BCUT2D eigenvalue weighted by Crippen LogP contribution is -2.15. The Hall–Kier alpha value is -1.47. The van der Waals surface area contributed by atoms with Gasteiger partial charge in [0.1, 0.15) is 16.4 Å². The van der Waals surface area contributed by atoms with Crippen molar-refractivity contribution in [3.05, 3.63) is 12.1 Å². The van der Waals surface area contributed by atoms with Gasteiger partial charge in [-0.05, 0) is 0 Å². The van der Waals surface area contributed by atoms with E-state index >= 15 is 0 Å². The van der Waals surface area contributed by atoms with Crippen molar-refractivity contribution in [1.82, 2.24) is 0 Å². The smallest absolute Gasteiger partial charge is 0.243 e. The molecule has 1 aromatic rings. The largest absolute Gasteiger partial charge is 0.497 e. The topological polar surface area (TPSA) is 105 Å². The van der Waals surface area contributed by atoms with Gasteiger partial charge in [0.15, 0.2) is 0 Å². The van der Waals surface area contributed by atoms with Gasteiger partial charge in [0.2, 0.25) is 10.0 Å². The number of sulfonamides is 1. The molecule has 0 heterocycles. The number of primary sulfonamides is 1. The van der Waals surface area contributed by atoms with E-state index in [9.17, 15) is 8.42 Å². The lowest BCUT2D eigenvalue weighted by Gasteiger charge is -2.11. The zero-order valence-electron chi connectivity index (χ0n) is 8.35. The van der Waals surface area contributed by atoms with Gasteiger partial charge in [-0.1, -0.05) is 0 Å². The van der Waals surface area contributed by atoms with Gasteiger partial charge in [0, 0.05) is 12.1 Å². The van der Waals surface area contributed by atoms with Gasteiger partial charge in [-0.3, -0.25) is 0 Å². The first-order valence-electron chi connectivity index (χ1n) is 3.94. The molecule has 15 heavy (non-hydrogen) atoms. The van der Waals surface area contributed by atoms with Crippen LogP contribution in [0.3, 0.4) is 0 Å². The van der Waals surface area contributed by atoms with Crippen LogP contribution < -0.4 is 20.3 Å². The van der Waals surface area contributed by atoms with Crippen LogP contribution in [0.2, 0.25) is 0 Å². The number of ether oxygens (including phenoxy) is 2. The molecule has 0 aliphatic carbocycles. The van der Waals surface area contributed by atoms with Gasteiger partial charge in [-0.15, -0.1) is 0 Å². The van der Waals surface area contributed by atoms with Crippen molar-refractivity contribution in [3.63, 3.8) is 0 Å². The Morgan fingerprint density at radius 2 is 1.80 bits per heavy atom. The number of hydrogen-bond acceptors (Lipinski definition) is 5. The van der Waals surface area contributed by atoms with Crippen molar-refractivity contribution in [1.29, 1.82) is 0 Å². The van der Waals surface area contributed by atoms with Crippen molar-refractivity contribution in [2.24, 2.45) is 5.14 Å². The molecule has 0 aliphatic heterocycles. The summed E-state index contributed by atoms with van der Waals surface area (Å²) < 4.78 is 32.2. The lowest BCUT2D eigenvalue weighted by atomic mass is 10.3. The fourth-order valence-corrected chi connectivity index (χ4v) is 1.98. The molecule has 1 aromatic carbocycles. The molecule has 0 aliphatic rings. The van der Waals surface area contributed by atoms with E-state index in [1.807, 2.05) is 0 Å². The Balaban J connectivity index is 3.52. The summed E-state index contributed by atoms with van der Waals surface area (Å²) in [5, 5.41) is 5.00. The molecule has 6 nitrogen and oxygen atoms in total. The zero-order valence-corrected chi connectivity index (χ0v) is 9.17. The molecule has 0 radical (unpaired) electrons. The second-order valence-electron chi connectivity index (χ2n) is 2.79. The molecule has 84 valence electrons. The number of hydrogen-bond donors (Lipinski definition) is 2. The Morgan fingerprint density at radius 3 is 2.20 bits per heavy atom. The molecule has 0 atom stereocenters. The number of anilines is 1. The molecule has 0 fully saturated rings. The summed E-state index contributed by atoms with van der Waals surface area (Å²) >= 11 is 0. The van der Waals surface area contributed by atoms with Gasteiger partial charge >= 0.3 is 0 Å². The highest BCUT2D eigenvalue weighted by Crippen LogP contribution is 2.33. The van der Waals surface area contributed by atoms with E-state index in [0.717, 1.165) is 0 Å². The standard InChI is InChI=1S/C8H12N2O4S/c1-13-5-3-6(9)8(15(10,11)12)7(4-5)14-2/h3-4H,9H2,1-2H3,(H2,10,11,12). The van der Waals surface area contributed by atoms with Gasteiger partial charge in [-0.25, -0.2) is 13.6 Å². The minimum absolute atomic E-state index is 0.00583. The Kier molecular flexibility index (Phi) is 3.06. The Morgan fingerprint density at radius 1 is 1.20 bits per heavy atom. The number of methoxy groups -OCH3 is 2. The number of benzene rings is 1. The summed E-state index contributed by atoms with van der Waals surface area (Å²) in [6.45, 7) is 0. The van der Waals surface area contributed by atoms with Crippen LogP contribution in [0.1, 0.15) is 0 Å². The van der Waals surface area contributed by atoms with Crippen LogP contribution in [0, 0.1) is 0 Å². The highest BCUT2D eigenvalue weighted by atomic mass is 32.2. The van der Waals surface area contributed by atoms with Gasteiger partial charge in [0.25, 0.3) is 0 Å². The highest BCUT2D eigenvalue weighted by molar-refractivity contribution is 7.89. The average molecular weight is 232 g/mol. The molecule has 1 rings (SSSR count). The van der Waals surface area contributed by atoms with E-state index in [0.29, 0.717) is 5.75 Å². The van der Waals surface area contributed by atoms with Crippen LogP contribution in [0.25, 0.3) is 0 Å². The number of nitrogens with two attached hydrogens (primary N) is 2. The Labute approximate surface area is 87.8 Å². The van der Waals surface area contributed by atoms with Gasteiger partial charge in [0.05, 0.1) is 19.9 Å². The second-order valence-corrected chi connectivity index (χ2v) is 4.29. The molecule has 0 aromatic heterocycles. The van der Waals surface area contributed by atoms with Crippen molar-refractivity contribution in [3.8, 4) is 11.5 Å². The van der Waals surface area contributed by atoms with Crippen LogP contribution in [0.4, 0.5) is 5.69 Å². The first kappa shape index (κ1) is 11.6. The summed E-state index contributed by atoms with van der Waals surface area (Å²) in [5.74, 6) is 0.464. The molecular weight excluding hydrogens is 220 g/mol. The second kappa shape index (κ2) is 3.95. The quantitative estimate of drug-likeness (QED) is 0.710. The third-order valence-electron chi connectivity index (χ3n) is 1.80. The molecule has 0 amide bonds. The molecule has 0 bridgehead atoms. The van der Waals surface area contributed by atoms with Crippen molar-refractivity contribution in [2.75, 3.05) is 20.0 Å². The van der Waals surface area contributed by atoms with Crippen LogP contribution in [-0.4, -0.2) is 22.6 Å². The fourth-order valence-electron chi connectivity index (χ4n) is 1.17. The predicted molar refractivity (Wildman–Crippen MR) is 55.3 cm³/mol. The maximum atomic E-state index is 11.2. The SMILES string of the molecule is COc1cc(N)c(S(N)(=O)=O)c(OC)c1. The lowest BCUT2D eigenvalue weighted by molar-refractivity contribution is 0.387. The van der Waals surface area contributed by atoms with Crippen molar-refractivity contribution >= 4 is 15.7 Å². The third kappa shape index (κ3) is 2.31. The zero-order chi connectivity index (χ0) is 11.6. The van der Waals surface area contributed by atoms with Crippen LogP contribution in [0.15, 0.2) is 17.0 Å². The number of rotatable bonds is 3.